The van der Waals surface area contributed by atoms with Crippen LogP contribution in [0.1, 0.15) is 48.3 Å². The number of carbonyl (C=O) groups is 2. The Hall–Kier alpha value is -3.20. The highest BCUT2D eigenvalue weighted by Crippen LogP contribution is 2.48. The molecule has 2 aliphatic heterocycles. The van der Waals surface area contributed by atoms with E-state index in [1.54, 1.807) is 21.9 Å². The van der Waals surface area contributed by atoms with Crippen molar-refractivity contribution in [2.45, 2.75) is 51.4 Å². The summed E-state index contributed by atoms with van der Waals surface area (Å²) in [6, 6.07) is 7.57. The molecule has 3 aliphatic rings. The first-order chi connectivity index (χ1) is 15.3. The van der Waals surface area contributed by atoms with Crippen molar-refractivity contribution in [2.24, 2.45) is 0 Å². The summed E-state index contributed by atoms with van der Waals surface area (Å²) in [5, 5.41) is 3.16. The Bertz CT molecular complexity index is 1100. The predicted molar refractivity (Wildman–Crippen MR) is 121 cm³/mol. The summed E-state index contributed by atoms with van der Waals surface area (Å²) in [7, 11) is 3.85. The van der Waals surface area contributed by atoms with Gasteiger partial charge in [0, 0.05) is 25.2 Å². The molecule has 5 rings (SSSR count). The number of hydrogen-bond donors (Lipinski definition) is 1. The van der Waals surface area contributed by atoms with Gasteiger partial charge in [-0.3, -0.25) is 14.6 Å². The van der Waals surface area contributed by atoms with Crippen LogP contribution in [-0.4, -0.2) is 54.3 Å². The molecular weight excluding hydrogens is 408 g/mol. The Morgan fingerprint density at radius 1 is 1.22 bits per heavy atom. The topological polar surface area (TPSA) is 90.9 Å². The van der Waals surface area contributed by atoms with Gasteiger partial charge in [0.2, 0.25) is 0 Å². The van der Waals surface area contributed by atoms with Crippen LogP contribution in [0.2, 0.25) is 0 Å². The second kappa shape index (κ2) is 7.44. The Kier molecular flexibility index (Phi) is 4.81. The first kappa shape index (κ1) is 20.7. The van der Waals surface area contributed by atoms with Crippen molar-refractivity contribution >= 4 is 29.5 Å². The SMILES string of the molecule is CNCc1nc(N(C)C(C)C)cc2c1CN(c1cccc(N3C(=O)OCC34CC4)n1)C2=O. The van der Waals surface area contributed by atoms with Gasteiger partial charge in [0.25, 0.3) is 5.91 Å². The van der Waals surface area contributed by atoms with E-state index in [1.807, 2.05) is 26.2 Å². The highest BCUT2D eigenvalue weighted by atomic mass is 16.6. The third-order valence-corrected chi connectivity index (χ3v) is 6.64. The van der Waals surface area contributed by atoms with Gasteiger partial charge < -0.3 is 15.0 Å². The molecule has 2 aromatic rings. The van der Waals surface area contributed by atoms with Gasteiger partial charge >= 0.3 is 6.09 Å². The zero-order valence-electron chi connectivity index (χ0n) is 18.9. The summed E-state index contributed by atoms with van der Waals surface area (Å²) >= 11 is 0. The maximum atomic E-state index is 13.4. The van der Waals surface area contributed by atoms with Crippen molar-refractivity contribution in [3.05, 3.63) is 41.1 Å². The van der Waals surface area contributed by atoms with Crippen molar-refractivity contribution in [3.63, 3.8) is 0 Å². The first-order valence-electron chi connectivity index (χ1n) is 11.0. The minimum atomic E-state index is -0.370. The van der Waals surface area contributed by atoms with Gasteiger partial charge in [-0.05, 0) is 51.9 Å². The van der Waals surface area contributed by atoms with E-state index in [4.69, 9.17) is 14.7 Å². The number of carbonyl (C=O) groups excluding carboxylic acids is 2. The van der Waals surface area contributed by atoms with Crippen molar-refractivity contribution in [3.8, 4) is 0 Å². The molecule has 1 aliphatic carbocycles. The number of rotatable bonds is 6. The smallest absolute Gasteiger partial charge is 0.416 e. The molecule has 9 heteroatoms. The van der Waals surface area contributed by atoms with Crippen LogP contribution in [-0.2, 0) is 17.8 Å². The van der Waals surface area contributed by atoms with Crippen LogP contribution >= 0.6 is 0 Å². The predicted octanol–water partition coefficient (Wildman–Crippen LogP) is 2.69. The van der Waals surface area contributed by atoms with Crippen molar-refractivity contribution in [1.29, 1.82) is 0 Å². The Morgan fingerprint density at radius 3 is 2.66 bits per heavy atom. The Balaban J connectivity index is 1.50. The minimum Gasteiger partial charge on any atom is -0.447 e. The van der Waals surface area contributed by atoms with Crippen LogP contribution in [0.15, 0.2) is 24.3 Å². The quantitative estimate of drug-likeness (QED) is 0.744. The number of nitrogens with zero attached hydrogens (tertiary/aromatic N) is 5. The number of nitrogens with one attached hydrogen (secondary N) is 1. The molecule has 1 spiro atoms. The summed E-state index contributed by atoms with van der Waals surface area (Å²) in [6.07, 6.45) is 1.44. The van der Waals surface area contributed by atoms with E-state index >= 15 is 0 Å². The third kappa shape index (κ3) is 3.19. The third-order valence-electron chi connectivity index (χ3n) is 6.64. The molecule has 9 nitrogen and oxygen atoms in total. The van der Waals surface area contributed by atoms with E-state index in [1.165, 1.54) is 0 Å². The van der Waals surface area contributed by atoms with Gasteiger partial charge in [0.15, 0.2) is 0 Å². The van der Waals surface area contributed by atoms with Gasteiger partial charge in [0.1, 0.15) is 24.1 Å². The maximum absolute atomic E-state index is 13.4. The molecule has 4 heterocycles. The molecule has 0 unspecified atom stereocenters. The lowest BCUT2D eigenvalue weighted by Crippen LogP contribution is -2.36. The van der Waals surface area contributed by atoms with Crippen molar-refractivity contribution in [2.75, 3.05) is 35.4 Å². The largest absolute Gasteiger partial charge is 0.447 e. The molecular formula is C23H28N6O3. The number of anilines is 3. The lowest BCUT2D eigenvalue weighted by molar-refractivity contribution is 0.0996. The highest BCUT2D eigenvalue weighted by molar-refractivity contribution is 6.10. The summed E-state index contributed by atoms with van der Waals surface area (Å²) in [4.78, 5) is 40.7. The summed E-state index contributed by atoms with van der Waals surface area (Å²) in [5.41, 5.74) is 2.16. The fourth-order valence-corrected chi connectivity index (χ4v) is 4.35. The van der Waals surface area contributed by atoms with Crippen molar-refractivity contribution < 1.29 is 14.3 Å². The van der Waals surface area contributed by atoms with Crippen LogP contribution in [0.25, 0.3) is 0 Å². The van der Waals surface area contributed by atoms with Crippen LogP contribution in [0.5, 0.6) is 0 Å². The number of hydrogen-bond acceptors (Lipinski definition) is 7. The molecule has 0 radical (unpaired) electrons. The molecule has 32 heavy (non-hydrogen) atoms. The average molecular weight is 437 g/mol. The lowest BCUT2D eigenvalue weighted by Gasteiger charge is -2.24. The zero-order chi connectivity index (χ0) is 22.6. The van der Waals surface area contributed by atoms with Crippen LogP contribution in [0.4, 0.5) is 22.2 Å². The second-order valence-corrected chi connectivity index (χ2v) is 9.05. The standard InChI is InChI=1S/C23H28N6O3/c1-14(2)27(4)20-10-15-16(17(25-20)11-24-3)12-28(21(15)30)18-6-5-7-19(26-18)29-22(31)32-13-23(29)8-9-23/h5-7,10,14,24H,8-9,11-13H2,1-4H3. The first-order valence-corrected chi connectivity index (χ1v) is 11.0. The Morgan fingerprint density at radius 2 is 1.97 bits per heavy atom. The average Bonchev–Trinajstić information content (AvgIpc) is 3.37. The molecule has 0 atom stereocenters. The van der Waals surface area contributed by atoms with Gasteiger partial charge in [-0.15, -0.1) is 0 Å². The number of cyclic esters (lactones) is 1. The van der Waals surface area contributed by atoms with Crippen molar-refractivity contribution in [1.82, 2.24) is 15.3 Å². The van der Waals surface area contributed by atoms with E-state index < -0.39 is 0 Å². The number of fused-ring (bicyclic) bond motifs is 1. The van der Waals surface area contributed by atoms with Crippen LogP contribution in [0.3, 0.4) is 0 Å². The van der Waals surface area contributed by atoms with Gasteiger partial charge in [-0.25, -0.2) is 14.8 Å². The molecule has 2 aromatic heterocycles. The fourth-order valence-electron chi connectivity index (χ4n) is 4.35. The molecule has 0 bridgehead atoms. The monoisotopic (exact) mass is 436 g/mol. The van der Waals surface area contributed by atoms with Gasteiger partial charge in [-0.2, -0.15) is 0 Å². The number of pyridine rings is 2. The number of ether oxygens (including phenoxy) is 1. The fraction of sp³-hybridized carbons (Fsp3) is 0.478. The van der Waals surface area contributed by atoms with E-state index in [2.05, 4.69) is 24.1 Å². The molecule has 2 amide bonds. The molecule has 1 saturated heterocycles. The summed E-state index contributed by atoms with van der Waals surface area (Å²) in [6.45, 7) is 5.55. The molecule has 2 fully saturated rings. The lowest BCUT2D eigenvalue weighted by atomic mass is 10.1. The van der Waals surface area contributed by atoms with Gasteiger partial charge in [0.05, 0.1) is 23.3 Å². The van der Waals surface area contributed by atoms with Crippen LogP contribution in [0, 0.1) is 0 Å². The van der Waals surface area contributed by atoms with Gasteiger partial charge in [-0.1, -0.05) is 6.07 Å². The van der Waals surface area contributed by atoms with E-state index in [9.17, 15) is 9.59 Å². The second-order valence-electron chi connectivity index (χ2n) is 9.05. The summed E-state index contributed by atoms with van der Waals surface area (Å²) < 4.78 is 5.28. The molecule has 168 valence electrons. The molecule has 0 aromatic carbocycles. The van der Waals surface area contributed by atoms with E-state index in [0.29, 0.717) is 36.9 Å². The molecule has 1 N–H and O–H groups in total. The number of aromatic nitrogens is 2. The van der Waals surface area contributed by atoms with E-state index in [0.717, 1.165) is 29.9 Å². The number of amides is 2. The van der Waals surface area contributed by atoms with E-state index in [-0.39, 0.29) is 23.6 Å². The minimum absolute atomic E-state index is 0.104. The summed E-state index contributed by atoms with van der Waals surface area (Å²) in [5.74, 6) is 1.72. The van der Waals surface area contributed by atoms with Crippen LogP contribution < -0.4 is 20.0 Å². The highest BCUT2D eigenvalue weighted by Gasteiger charge is 2.57. The maximum Gasteiger partial charge on any atom is 0.416 e. The molecule has 1 saturated carbocycles. The normalized spacial score (nSPS) is 18.5. The zero-order valence-corrected chi connectivity index (χ0v) is 18.9. The Labute approximate surface area is 187 Å².